The van der Waals surface area contributed by atoms with Gasteiger partial charge in [-0.05, 0) is 58.3 Å². The van der Waals surface area contributed by atoms with Gasteiger partial charge in [0.25, 0.3) is 0 Å². The molecular weight excluding hydrogens is 296 g/mol. The third-order valence-corrected chi connectivity index (χ3v) is 8.47. The van der Waals surface area contributed by atoms with Gasteiger partial charge in [-0.3, -0.25) is 0 Å². The molecule has 0 aromatic rings. The molecule has 0 radical (unpaired) electrons. The Labute approximate surface area is 137 Å². The monoisotopic (exact) mass is 330 g/mol. The van der Waals surface area contributed by atoms with Crippen LogP contribution in [0.25, 0.3) is 0 Å². The van der Waals surface area contributed by atoms with Gasteiger partial charge in [-0.15, -0.1) is 0 Å². The van der Waals surface area contributed by atoms with Crippen LogP contribution in [0, 0.1) is 11.8 Å². The Kier molecular flexibility index (Phi) is 6.89. The Morgan fingerprint density at radius 2 is 1.73 bits per heavy atom. The van der Waals surface area contributed by atoms with Crippen LogP contribution in [0.4, 0.5) is 0 Å². The standard InChI is InChI=1S/C17H34O4Si/c1-6-14(5)21-22(18-7-2,19-8-3)12-13(4)15-9-10-16-17(11-15)20-16/h13-17H,6-12H2,1-5H3. The average molecular weight is 331 g/mol. The zero-order valence-corrected chi connectivity index (χ0v) is 16.0. The number of ether oxygens (including phenoxy) is 1. The first-order chi connectivity index (χ1) is 10.5. The predicted octanol–water partition coefficient (Wildman–Crippen LogP) is 4.02. The van der Waals surface area contributed by atoms with E-state index in [2.05, 4.69) is 20.8 Å². The molecule has 1 aliphatic carbocycles. The van der Waals surface area contributed by atoms with Gasteiger partial charge in [0.05, 0.1) is 12.2 Å². The van der Waals surface area contributed by atoms with Gasteiger partial charge in [0.15, 0.2) is 0 Å². The molecule has 2 aliphatic rings. The maximum atomic E-state index is 6.33. The highest BCUT2D eigenvalue weighted by Crippen LogP contribution is 2.44. The lowest BCUT2D eigenvalue weighted by atomic mass is 9.82. The molecular formula is C17H34O4Si. The molecule has 0 spiro atoms. The lowest BCUT2D eigenvalue weighted by Gasteiger charge is -2.36. The van der Waals surface area contributed by atoms with Crippen molar-refractivity contribution >= 4 is 8.80 Å². The number of fused-ring (bicyclic) bond motifs is 1. The normalized spacial score (nSPS) is 30.7. The van der Waals surface area contributed by atoms with E-state index in [-0.39, 0.29) is 6.10 Å². The molecule has 5 heteroatoms. The lowest BCUT2D eigenvalue weighted by molar-refractivity contribution is 0.0314. The van der Waals surface area contributed by atoms with Crippen molar-refractivity contribution in [3.63, 3.8) is 0 Å². The summed E-state index contributed by atoms with van der Waals surface area (Å²) < 4.78 is 24.2. The molecule has 0 aromatic carbocycles. The van der Waals surface area contributed by atoms with Gasteiger partial charge in [-0.1, -0.05) is 13.8 Å². The molecule has 5 atom stereocenters. The van der Waals surface area contributed by atoms with E-state index in [0.717, 1.165) is 18.4 Å². The van der Waals surface area contributed by atoms with Crippen molar-refractivity contribution in [1.29, 1.82) is 0 Å². The van der Waals surface area contributed by atoms with Gasteiger partial charge in [0.1, 0.15) is 0 Å². The van der Waals surface area contributed by atoms with Gasteiger partial charge < -0.3 is 18.0 Å². The Bertz CT molecular complexity index is 333. The number of epoxide rings is 1. The Hall–Kier alpha value is 0.0569. The van der Waals surface area contributed by atoms with Crippen molar-refractivity contribution in [2.24, 2.45) is 11.8 Å². The molecule has 0 amide bonds. The molecule has 130 valence electrons. The van der Waals surface area contributed by atoms with Gasteiger partial charge in [0.2, 0.25) is 0 Å². The first-order valence-electron chi connectivity index (χ1n) is 9.14. The highest BCUT2D eigenvalue weighted by atomic mass is 28.4. The van der Waals surface area contributed by atoms with Crippen LogP contribution in [0.2, 0.25) is 6.04 Å². The highest BCUT2D eigenvalue weighted by Gasteiger charge is 2.49. The third-order valence-electron chi connectivity index (χ3n) is 5.11. The third kappa shape index (κ3) is 4.77. The molecule has 1 heterocycles. The summed E-state index contributed by atoms with van der Waals surface area (Å²) in [7, 11) is -2.58. The van der Waals surface area contributed by atoms with E-state index in [4.69, 9.17) is 18.0 Å². The fourth-order valence-electron chi connectivity index (χ4n) is 3.62. The summed E-state index contributed by atoms with van der Waals surface area (Å²) in [5.74, 6) is 1.29. The smallest absolute Gasteiger partial charge is 0.374 e. The second kappa shape index (κ2) is 8.24. The number of rotatable bonds is 10. The van der Waals surface area contributed by atoms with E-state index in [0.29, 0.717) is 31.3 Å². The molecule has 2 rings (SSSR count). The van der Waals surface area contributed by atoms with E-state index in [1.54, 1.807) is 0 Å². The van der Waals surface area contributed by atoms with Crippen molar-refractivity contribution in [3.05, 3.63) is 0 Å². The molecule has 0 aromatic heterocycles. The van der Waals surface area contributed by atoms with Crippen molar-refractivity contribution in [1.82, 2.24) is 0 Å². The van der Waals surface area contributed by atoms with Crippen LogP contribution in [-0.4, -0.2) is 40.3 Å². The molecule has 0 bridgehead atoms. The minimum Gasteiger partial charge on any atom is -0.374 e. The van der Waals surface area contributed by atoms with Crippen molar-refractivity contribution in [2.45, 2.75) is 84.7 Å². The first-order valence-corrected chi connectivity index (χ1v) is 11.1. The van der Waals surface area contributed by atoms with Crippen LogP contribution in [0.15, 0.2) is 0 Å². The quantitative estimate of drug-likeness (QED) is 0.448. The van der Waals surface area contributed by atoms with E-state index < -0.39 is 8.80 Å². The lowest BCUT2D eigenvalue weighted by Crippen LogP contribution is -2.50. The SMILES string of the molecule is CCO[Si](CC(C)C1CCC2OC2C1)(OCC)OC(C)CC. The summed E-state index contributed by atoms with van der Waals surface area (Å²) in [6.45, 7) is 12.0. The molecule has 2 fully saturated rings. The maximum Gasteiger partial charge on any atom is 0.501 e. The minimum absolute atomic E-state index is 0.194. The fourth-order valence-corrected chi connectivity index (χ4v) is 6.95. The maximum absolute atomic E-state index is 6.33. The summed E-state index contributed by atoms with van der Waals surface area (Å²) in [4.78, 5) is 0. The molecule has 1 saturated carbocycles. The topological polar surface area (TPSA) is 40.2 Å². The summed E-state index contributed by atoms with van der Waals surface area (Å²) in [5.41, 5.74) is 0. The zero-order valence-electron chi connectivity index (χ0n) is 15.0. The van der Waals surface area contributed by atoms with E-state index >= 15 is 0 Å². The molecule has 1 aliphatic heterocycles. The van der Waals surface area contributed by atoms with Gasteiger partial charge in [-0.2, -0.15) is 0 Å². The Balaban J connectivity index is 1.98. The van der Waals surface area contributed by atoms with E-state index in [9.17, 15) is 0 Å². The van der Waals surface area contributed by atoms with Crippen LogP contribution in [-0.2, 0) is 18.0 Å². The second-order valence-corrected chi connectivity index (χ2v) is 9.44. The predicted molar refractivity (Wildman–Crippen MR) is 89.8 cm³/mol. The molecule has 1 saturated heterocycles. The summed E-state index contributed by atoms with van der Waals surface area (Å²) >= 11 is 0. The summed E-state index contributed by atoms with van der Waals surface area (Å²) in [5, 5.41) is 0. The Morgan fingerprint density at radius 1 is 1.05 bits per heavy atom. The van der Waals surface area contributed by atoms with Gasteiger partial charge in [0, 0.05) is 25.4 Å². The largest absolute Gasteiger partial charge is 0.501 e. The number of hydrogen-bond donors (Lipinski definition) is 0. The first kappa shape index (κ1) is 18.4. The highest BCUT2D eigenvalue weighted by molar-refractivity contribution is 6.60. The van der Waals surface area contributed by atoms with Crippen LogP contribution in [0.5, 0.6) is 0 Å². The molecule has 0 N–H and O–H groups in total. The molecule has 5 unspecified atom stereocenters. The average Bonchev–Trinajstić information content (AvgIpc) is 3.25. The van der Waals surface area contributed by atoms with E-state index in [1.165, 1.54) is 19.3 Å². The summed E-state index contributed by atoms with van der Waals surface area (Å²) in [6, 6.07) is 0.932. The fraction of sp³-hybridized carbons (Fsp3) is 1.00. The second-order valence-electron chi connectivity index (χ2n) is 6.85. The number of hydrogen-bond acceptors (Lipinski definition) is 4. The van der Waals surface area contributed by atoms with Crippen molar-refractivity contribution < 1.29 is 18.0 Å². The summed E-state index contributed by atoms with van der Waals surface area (Å²) in [6.07, 6.45) is 5.99. The van der Waals surface area contributed by atoms with Crippen LogP contribution >= 0.6 is 0 Å². The zero-order chi connectivity index (χ0) is 16.2. The Morgan fingerprint density at radius 3 is 2.27 bits per heavy atom. The minimum atomic E-state index is -2.58. The van der Waals surface area contributed by atoms with Crippen LogP contribution < -0.4 is 0 Å². The molecule has 4 nitrogen and oxygen atoms in total. The van der Waals surface area contributed by atoms with Crippen LogP contribution in [0.3, 0.4) is 0 Å². The van der Waals surface area contributed by atoms with Gasteiger partial charge >= 0.3 is 8.80 Å². The molecule has 22 heavy (non-hydrogen) atoms. The van der Waals surface area contributed by atoms with Gasteiger partial charge in [-0.25, -0.2) is 0 Å². The van der Waals surface area contributed by atoms with Crippen molar-refractivity contribution in [3.8, 4) is 0 Å². The van der Waals surface area contributed by atoms with E-state index in [1.807, 2.05) is 13.8 Å². The van der Waals surface area contributed by atoms with Crippen LogP contribution in [0.1, 0.15) is 60.3 Å². The van der Waals surface area contributed by atoms with Crippen molar-refractivity contribution in [2.75, 3.05) is 13.2 Å².